The molecule has 0 amide bonds. The van der Waals surface area contributed by atoms with Crippen LogP contribution in [0.5, 0.6) is 0 Å². The average molecular weight is 254 g/mol. The van der Waals surface area contributed by atoms with Crippen LogP contribution in [0.15, 0.2) is 18.3 Å². The molecule has 4 nitrogen and oxygen atoms in total. The van der Waals surface area contributed by atoms with Crippen molar-refractivity contribution < 1.29 is 8.95 Å². The Labute approximate surface area is 104 Å². The van der Waals surface area contributed by atoms with Crippen LogP contribution in [0.4, 0.5) is 0 Å². The van der Waals surface area contributed by atoms with Gasteiger partial charge < -0.3 is 10.5 Å². The molecule has 1 aliphatic rings. The number of aromatic nitrogens is 1. The molecule has 1 aromatic rings. The molecule has 1 aromatic heterocycles. The fourth-order valence-electron chi connectivity index (χ4n) is 1.96. The van der Waals surface area contributed by atoms with Crippen molar-refractivity contribution in [2.45, 2.75) is 31.2 Å². The van der Waals surface area contributed by atoms with E-state index in [2.05, 4.69) is 4.98 Å². The number of pyridine rings is 1. The van der Waals surface area contributed by atoms with E-state index in [1.165, 1.54) is 0 Å². The van der Waals surface area contributed by atoms with Crippen LogP contribution in [-0.2, 0) is 27.8 Å². The van der Waals surface area contributed by atoms with Crippen LogP contribution in [-0.4, -0.2) is 27.7 Å². The van der Waals surface area contributed by atoms with Crippen LogP contribution >= 0.6 is 0 Å². The first-order chi connectivity index (χ1) is 8.28. The lowest BCUT2D eigenvalue weighted by molar-refractivity contribution is 0.128. The molecule has 94 valence electrons. The molecule has 2 unspecified atom stereocenters. The molecule has 0 bridgehead atoms. The van der Waals surface area contributed by atoms with Crippen LogP contribution in [0.1, 0.15) is 24.1 Å². The predicted octanol–water partition coefficient (Wildman–Crippen LogP) is 0.968. The van der Waals surface area contributed by atoms with Gasteiger partial charge in [0.2, 0.25) is 0 Å². The maximum Gasteiger partial charge on any atom is 0.0691 e. The van der Waals surface area contributed by atoms with Gasteiger partial charge in [-0.2, -0.15) is 0 Å². The van der Waals surface area contributed by atoms with Gasteiger partial charge in [0.05, 0.1) is 17.6 Å². The number of nitrogens with zero attached hydrogens (tertiary/aromatic N) is 1. The fourth-order valence-corrected chi connectivity index (χ4v) is 3.30. The second-order valence-electron chi connectivity index (χ2n) is 4.25. The van der Waals surface area contributed by atoms with Gasteiger partial charge in [-0.25, -0.2) is 0 Å². The third-order valence-electron chi connectivity index (χ3n) is 2.81. The molecule has 0 aromatic carbocycles. The van der Waals surface area contributed by atoms with Gasteiger partial charge >= 0.3 is 0 Å². The number of nitrogens with two attached hydrogens (primary N) is 1. The zero-order chi connectivity index (χ0) is 12.1. The lowest BCUT2D eigenvalue weighted by atomic mass is 10.2. The summed E-state index contributed by atoms with van der Waals surface area (Å²) in [4.78, 5) is 4.12. The third-order valence-corrected chi connectivity index (χ3v) is 4.21. The second-order valence-corrected chi connectivity index (χ2v) is 5.75. The van der Waals surface area contributed by atoms with E-state index in [9.17, 15) is 4.21 Å². The highest BCUT2D eigenvalue weighted by atomic mass is 32.2. The quantitative estimate of drug-likeness (QED) is 0.850. The topological polar surface area (TPSA) is 65.2 Å². The molecule has 0 radical (unpaired) electrons. The summed E-state index contributed by atoms with van der Waals surface area (Å²) in [5.41, 5.74) is 7.41. The maximum atomic E-state index is 11.9. The van der Waals surface area contributed by atoms with Crippen LogP contribution in [0.2, 0.25) is 0 Å². The summed E-state index contributed by atoms with van der Waals surface area (Å²) in [6.45, 7) is 1.24. The van der Waals surface area contributed by atoms with Crippen molar-refractivity contribution in [3.8, 4) is 0 Å². The largest absolute Gasteiger partial charge is 0.377 e. The standard InChI is InChI=1S/C12H18N2O2S/c13-7-11-6-10(3-4-14-11)8-17(15)9-12-2-1-5-16-12/h3-4,6,12H,1-2,5,7-9,13H2. The van der Waals surface area contributed by atoms with Crippen molar-refractivity contribution in [1.82, 2.24) is 4.98 Å². The minimum absolute atomic E-state index is 0.187. The van der Waals surface area contributed by atoms with Crippen molar-refractivity contribution in [2.75, 3.05) is 12.4 Å². The van der Waals surface area contributed by atoms with Gasteiger partial charge in [0.25, 0.3) is 0 Å². The summed E-state index contributed by atoms with van der Waals surface area (Å²) >= 11 is 0. The van der Waals surface area contributed by atoms with E-state index < -0.39 is 10.8 Å². The molecular formula is C12H18N2O2S. The van der Waals surface area contributed by atoms with Crippen molar-refractivity contribution in [1.29, 1.82) is 0 Å². The Morgan fingerprint density at radius 2 is 2.47 bits per heavy atom. The first-order valence-electron chi connectivity index (χ1n) is 5.88. The van der Waals surface area contributed by atoms with E-state index in [0.29, 0.717) is 18.1 Å². The molecule has 0 spiro atoms. The Hall–Kier alpha value is -0.780. The highest BCUT2D eigenvalue weighted by molar-refractivity contribution is 7.84. The minimum atomic E-state index is -0.865. The molecule has 2 atom stereocenters. The number of ether oxygens (including phenoxy) is 1. The Bertz CT molecular complexity index is 392. The van der Waals surface area contributed by atoms with Crippen LogP contribution in [0, 0.1) is 0 Å². The van der Waals surface area contributed by atoms with E-state index in [1.54, 1.807) is 6.20 Å². The third kappa shape index (κ3) is 3.87. The smallest absolute Gasteiger partial charge is 0.0691 e. The Kier molecular flexibility index (Phi) is 4.65. The van der Waals surface area contributed by atoms with Gasteiger partial charge in [0, 0.05) is 35.9 Å². The predicted molar refractivity (Wildman–Crippen MR) is 67.8 cm³/mol. The summed E-state index contributed by atoms with van der Waals surface area (Å²) in [5, 5.41) is 0. The van der Waals surface area contributed by atoms with E-state index >= 15 is 0 Å². The monoisotopic (exact) mass is 254 g/mol. The van der Waals surface area contributed by atoms with E-state index in [0.717, 1.165) is 30.7 Å². The van der Waals surface area contributed by atoms with Crippen LogP contribution in [0.3, 0.4) is 0 Å². The van der Waals surface area contributed by atoms with Crippen molar-refractivity contribution in [3.63, 3.8) is 0 Å². The average Bonchev–Trinajstić information content (AvgIpc) is 2.82. The molecule has 0 aliphatic carbocycles. The summed E-state index contributed by atoms with van der Waals surface area (Å²) in [6, 6.07) is 3.82. The summed E-state index contributed by atoms with van der Waals surface area (Å²) < 4.78 is 17.4. The minimum Gasteiger partial charge on any atom is -0.377 e. The lowest BCUT2D eigenvalue weighted by Gasteiger charge is -2.09. The van der Waals surface area contributed by atoms with Gasteiger partial charge in [-0.05, 0) is 30.5 Å². The van der Waals surface area contributed by atoms with E-state index in [-0.39, 0.29) is 6.10 Å². The van der Waals surface area contributed by atoms with E-state index in [4.69, 9.17) is 10.5 Å². The molecule has 5 heteroatoms. The zero-order valence-electron chi connectivity index (χ0n) is 9.80. The molecule has 1 saturated heterocycles. The Morgan fingerprint density at radius 1 is 1.59 bits per heavy atom. The fraction of sp³-hybridized carbons (Fsp3) is 0.583. The lowest BCUT2D eigenvalue weighted by Crippen LogP contribution is -2.16. The number of rotatable bonds is 5. The van der Waals surface area contributed by atoms with Crippen LogP contribution in [0.25, 0.3) is 0 Å². The normalized spacial score (nSPS) is 21.6. The SMILES string of the molecule is NCc1cc(CS(=O)CC2CCCO2)ccn1. The molecule has 2 N–H and O–H groups in total. The molecular weight excluding hydrogens is 236 g/mol. The Morgan fingerprint density at radius 3 is 3.18 bits per heavy atom. The summed E-state index contributed by atoms with van der Waals surface area (Å²) in [5.74, 6) is 1.20. The highest BCUT2D eigenvalue weighted by Crippen LogP contribution is 2.14. The van der Waals surface area contributed by atoms with Gasteiger partial charge in [0.15, 0.2) is 0 Å². The van der Waals surface area contributed by atoms with Crippen LogP contribution < -0.4 is 5.73 Å². The highest BCUT2D eigenvalue weighted by Gasteiger charge is 2.18. The second kappa shape index (κ2) is 6.23. The van der Waals surface area contributed by atoms with Gasteiger partial charge in [-0.3, -0.25) is 9.19 Å². The molecule has 2 rings (SSSR count). The van der Waals surface area contributed by atoms with Gasteiger partial charge in [-0.15, -0.1) is 0 Å². The number of hydrogen-bond donors (Lipinski definition) is 1. The zero-order valence-corrected chi connectivity index (χ0v) is 10.6. The van der Waals surface area contributed by atoms with Crippen molar-refractivity contribution in [3.05, 3.63) is 29.6 Å². The Balaban J connectivity index is 1.88. The van der Waals surface area contributed by atoms with Gasteiger partial charge in [0.1, 0.15) is 0 Å². The van der Waals surface area contributed by atoms with Crippen molar-refractivity contribution in [2.24, 2.45) is 5.73 Å². The first kappa shape index (κ1) is 12.7. The maximum absolute atomic E-state index is 11.9. The molecule has 1 aliphatic heterocycles. The van der Waals surface area contributed by atoms with E-state index in [1.807, 2.05) is 12.1 Å². The molecule has 17 heavy (non-hydrogen) atoms. The molecule has 1 fully saturated rings. The molecule has 2 heterocycles. The molecule has 0 saturated carbocycles. The number of hydrogen-bond acceptors (Lipinski definition) is 4. The summed E-state index contributed by atoms with van der Waals surface area (Å²) in [6.07, 6.45) is 4.04. The van der Waals surface area contributed by atoms with Gasteiger partial charge in [-0.1, -0.05) is 0 Å². The van der Waals surface area contributed by atoms with Crippen molar-refractivity contribution >= 4 is 10.8 Å². The summed E-state index contributed by atoms with van der Waals surface area (Å²) in [7, 11) is -0.865. The first-order valence-corrected chi connectivity index (χ1v) is 7.37.